The number of carbonyl (C=O) groups excluding carboxylic acids is 1. The Morgan fingerprint density at radius 3 is 2.62 bits per heavy atom. The van der Waals surface area contributed by atoms with Crippen molar-refractivity contribution in [2.45, 2.75) is 53.9 Å². The molecule has 2 rings (SSSR count). The summed E-state index contributed by atoms with van der Waals surface area (Å²) < 4.78 is 7.25. The van der Waals surface area contributed by atoms with Crippen molar-refractivity contribution in [2.24, 2.45) is 5.92 Å². The van der Waals surface area contributed by atoms with E-state index in [4.69, 9.17) is 4.74 Å². The van der Waals surface area contributed by atoms with Crippen LogP contribution in [0.15, 0.2) is 24.3 Å². The van der Waals surface area contributed by atoms with Gasteiger partial charge in [-0.1, -0.05) is 32.9 Å². The number of nitrogens with zero attached hydrogens (tertiary/aromatic N) is 2. The van der Waals surface area contributed by atoms with Crippen LogP contribution in [-0.2, 0) is 6.42 Å². The van der Waals surface area contributed by atoms with Gasteiger partial charge in [0.2, 0.25) is 0 Å². The molecule has 0 saturated heterocycles. The first-order valence-corrected chi connectivity index (χ1v) is 8.77. The standard InChI is InChI=1S/C20H28N2O2/c1-6-13-24-19-10-8-7-9-18(19)20(23)22-16(5)17(15(4)21-22)12-11-14(2)3/h7-10,14H,6,11-13H2,1-5H3. The first-order valence-electron chi connectivity index (χ1n) is 8.77. The van der Waals surface area contributed by atoms with Crippen molar-refractivity contribution < 1.29 is 9.53 Å². The predicted molar refractivity (Wildman–Crippen MR) is 96.8 cm³/mol. The monoisotopic (exact) mass is 328 g/mol. The molecule has 0 aliphatic carbocycles. The molecule has 0 aliphatic rings. The van der Waals surface area contributed by atoms with Crippen molar-refractivity contribution >= 4 is 5.91 Å². The van der Waals surface area contributed by atoms with Crippen LogP contribution < -0.4 is 4.74 Å². The zero-order valence-corrected chi connectivity index (χ0v) is 15.4. The molecule has 1 aromatic carbocycles. The van der Waals surface area contributed by atoms with Gasteiger partial charge in [-0.3, -0.25) is 4.79 Å². The van der Waals surface area contributed by atoms with Crippen molar-refractivity contribution in [3.63, 3.8) is 0 Å². The summed E-state index contributed by atoms with van der Waals surface area (Å²) in [5.41, 5.74) is 3.62. The third-order valence-corrected chi connectivity index (χ3v) is 4.18. The highest BCUT2D eigenvalue weighted by Gasteiger charge is 2.20. The Balaban J connectivity index is 2.32. The van der Waals surface area contributed by atoms with Crippen molar-refractivity contribution in [3.8, 4) is 5.75 Å². The molecule has 0 atom stereocenters. The molecule has 1 heterocycles. The molecule has 2 aromatic rings. The highest BCUT2D eigenvalue weighted by Crippen LogP contribution is 2.23. The van der Waals surface area contributed by atoms with Gasteiger partial charge in [0.15, 0.2) is 0 Å². The molecule has 0 spiro atoms. The Bertz CT molecular complexity index is 702. The Hall–Kier alpha value is -2.10. The number of aromatic nitrogens is 2. The van der Waals surface area contributed by atoms with Crippen molar-refractivity contribution in [1.82, 2.24) is 9.78 Å². The Morgan fingerprint density at radius 2 is 1.96 bits per heavy atom. The molecule has 0 fully saturated rings. The number of benzene rings is 1. The SMILES string of the molecule is CCCOc1ccccc1C(=O)n1nc(C)c(CCC(C)C)c1C. The van der Waals surface area contributed by atoms with E-state index in [0.29, 0.717) is 23.8 Å². The quantitative estimate of drug-likeness (QED) is 0.748. The average Bonchev–Trinajstić information content (AvgIpc) is 2.85. The summed E-state index contributed by atoms with van der Waals surface area (Å²) >= 11 is 0. The molecule has 0 saturated carbocycles. The van der Waals surface area contributed by atoms with E-state index in [9.17, 15) is 4.79 Å². The fourth-order valence-corrected chi connectivity index (χ4v) is 2.76. The number of rotatable bonds is 7. The van der Waals surface area contributed by atoms with Crippen LogP contribution in [0.1, 0.15) is 60.9 Å². The zero-order chi connectivity index (χ0) is 17.7. The molecule has 0 aliphatic heterocycles. The molecule has 0 amide bonds. The van der Waals surface area contributed by atoms with Gasteiger partial charge in [-0.2, -0.15) is 5.10 Å². The molecule has 4 nitrogen and oxygen atoms in total. The van der Waals surface area contributed by atoms with Crippen LogP contribution in [-0.4, -0.2) is 22.3 Å². The third-order valence-electron chi connectivity index (χ3n) is 4.18. The summed E-state index contributed by atoms with van der Waals surface area (Å²) in [6.45, 7) is 11.0. The number of hydrogen-bond acceptors (Lipinski definition) is 3. The molecule has 4 heteroatoms. The molecule has 0 N–H and O–H groups in total. The van der Waals surface area contributed by atoms with Crippen LogP contribution in [0.2, 0.25) is 0 Å². The molecular formula is C20H28N2O2. The zero-order valence-electron chi connectivity index (χ0n) is 15.4. The van der Waals surface area contributed by atoms with Gasteiger partial charge in [0, 0.05) is 5.69 Å². The average molecular weight is 328 g/mol. The number of hydrogen-bond donors (Lipinski definition) is 0. The van der Waals surface area contributed by atoms with E-state index >= 15 is 0 Å². The lowest BCUT2D eigenvalue weighted by Gasteiger charge is -2.11. The fraction of sp³-hybridized carbons (Fsp3) is 0.500. The maximum atomic E-state index is 13.0. The number of aryl methyl sites for hydroxylation is 1. The molecule has 130 valence electrons. The van der Waals surface area contributed by atoms with Gasteiger partial charge in [-0.25, -0.2) is 4.68 Å². The van der Waals surface area contributed by atoms with Crippen LogP contribution in [0.25, 0.3) is 0 Å². The smallest absolute Gasteiger partial charge is 0.282 e. The summed E-state index contributed by atoms with van der Waals surface area (Å²) in [6.07, 6.45) is 2.95. The van der Waals surface area contributed by atoms with E-state index in [2.05, 4.69) is 18.9 Å². The van der Waals surface area contributed by atoms with Crippen LogP contribution in [0.5, 0.6) is 5.75 Å². The van der Waals surface area contributed by atoms with Gasteiger partial charge in [0.25, 0.3) is 5.91 Å². The van der Waals surface area contributed by atoms with Crippen LogP contribution >= 0.6 is 0 Å². The summed E-state index contributed by atoms with van der Waals surface area (Å²) in [6, 6.07) is 7.39. The summed E-state index contributed by atoms with van der Waals surface area (Å²) in [5.74, 6) is 1.13. The van der Waals surface area contributed by atoms with E-state index < -0.39 is 0 Å². The normalized spacial score (nSPS) is 11.1. The Labute approximate surface area is 144 Å². The molecular weight excluding hydrogens is 300 g/mol. The Kier molecular flexibility index (Phi) is 6.18. The predicted octanol–water partition coefficient (Wildman–Crippen LogP) is 4.57. The lowest BCUT2D eigenvalue weighted by molar-refractivity contribution is 0.0938. The van der Waals surface area contributed by atoms with E-state index in [1.165, 1.54) is 10.2 Å². The summed E-state index contributed by atoms with van der Waals surface area (Å²) in [5, 5.41) is 4.50. The van der Waals surface area contributed by atoms with E-state index in [0.717, 1.165) is 30.7 Å². The summed E-state index contributed by atoms with van der Waals surface area (Å²) in [7, 11) is 0. The molecule has 24 heavy (non-hydrogen) atoms. The lowest BCUT2D eigenvalue weighted by atomic mass is 10.0. The minimum absolute atomic E-state index is 0.127. The third kappa shape index (κ3) is 4.05. The molecule has 0 bridgehead atoms. The van der Waals surface area contributed by atoms with Crippen LogP contribution in [0.4, 0.5) is 0 Å². The van der Waals surface area contributed by atoms with Gasteiger partial charge >= 0.3 is 0 Å². The molecule has 0 unspecified atom stereocenters. The topological polar surface area (TPSA) is 44.1 Å². The fourth-order valence-electron chi connectivity index (χ4n) is 2.76. The lowest BCUT2D eigenvalue weighted by Crippen LogP contribution is -2.17. The molecule has 0 radical (unpaired) electrons. The van der Waals surface area contributed by atoms with Gasteiger partial charge in [-0.05, 0) is 56.7 Å². The minimum atomic E-state index is -0.127. The van der Waals surface area contributed by atoms with E-state index in [1.807, 2.05) is 39.0 Å². The van der Waals surface area contributed by atoms with Crippen molar-refractivity contribution in [3.05, 3.63) is 46.8 Å². The number of para-hydroxylation sites is 1. The number of ether oxygens (including phenoxy) is 1. The van der Waals surface area contributed by atoms with Gasteiger partial charge in [0.1, 0.15) is 5.75 Å². The van der Waals surface area contributed by atoms with Crippen LogP contribution in [0, 0.1) is 19.8 Å². The maximum absolute atomic E-state index is 13.0. The molecule has 1 aromatic heterocycles. The van der Waals surface area contributed by atoms with Gasteiger partial charge in [0.05, 0.1) is 17.9 Å². The van der Waals surface area contributed by atoms with Gasteiger partial charge < -0.3 is 4.74 Å². The second-order valence-corrected chi connectivity index (χ2v) is 6.64. The first-order chi connectivity index (χ1) is 11.5. The minimum Gasteiger partial charge on any atom is -0.493 e. The highest BCUT2D eigenvalue weighted by atomic mass is 16.5. The maximum Gasteiger partial charge on any atom is 0.282 e. The second kappa shape index (κ2) is 8.13. The largest absolute Gasteiger partial charge is 0.493 e. The van der Waals surface area contributed by atoms with E-state index in [1.54, 1.807) is 6.07 Å². The van der Waals surface area contributed by atoms with Crippen molar-refractivity contribution in [1.29, 1.82) is 0 Å². The Morgan fingerprint density at radius 1 is 1.25 bits per heavy atom. The highest BCUT2D eigenvalue weighted by molar-refractivity contribution is 5.98. The van der Waals surface area contributed by atoms with Gasteiger partial charge in [-0.15, -0.1) is 0 Å². The second-order valence-electron chi connectivity index (χ2n) is 6.64. The van der Waals surface area contributed by atoms with E-state index in [-0.39, 0.29) is 5.91 Å². The number of carbonyl (C=O) groups is 1. The first kappa shape index (κ1) is 18.2. The van der Waals surface area contributed by atoms with Crippen molar-refractivity contribution in [2.75, 3.05) is 6.61 Å². The van der Waals surface area contributed by atoms with Crippen LogP contribution in [0.3, 0.4) is 0 Å². The summed E-state index contributed by atoms with van der Waals surface area (Å²) in [4.78, 5) is 13.0.